The summed E-state index contributed by atoms with van der Waals surface area (Å²) in [6, 6.07) is 2.28. The molecule has 7 heteroatoms. The van der Waals surface area contributed by atoms with Gasteiger partial charge in [0.05, 0.1) is 22.2 Å². The maximum Gasteiger partial charge on any atom is 0.241 e. The molecule has 0 bridgehead atoms. The summed E-state index contributed by atoms with van der Waals surface area (Å²) in [5.74, 6) is -0.620. The van der Waals surface area contributed by atoms with Crippen LogP contribution in [0, 0.1) is 12.7 Å². The minimum Gasteiger partial charge on any atom is -0.396 e. The molecule has 5 nitrogen and oxygen atoms in total. The highest BCUT2D eigenvalue weighted by Gasteiger charge is 2.41. The van der Waals surface area contributed by atoms with Crippen LogP contribution in [-0.4, -0.2) is 26.7 Å². The van der Waals surface area contributed by atoms with Crippen LogP contribution in [0.4, 0.5) is 10.1 Å². The Morgan fingerprint density at radius 1 is 1.50 bits per heavy atom. The van der Waals surface area contributed by atoms with Crippen molar-refractivity contribution in [3.05, 3.63) is 23.5 Å². The van der Waals surface area contributed by atoms with Crippen LogP contribution in [0.5, 0.6) is 0 Å². The van der Waals surface area contributed by atoms with Crippen molar-refractivity contribution in [3.63, 3.8) is 0 Å². The number of sulfonamides is 1. The number of hydrogen-bond donors (Lipinski definition) is 2. The molecule has 1 aromatic rings. The maximum atomic E-state index is 13.3. The van der Waals surface area contributed by atoms with Gasteiger partial charge in [-0.3, -0.25) is 0 Å². The number of ether oxygens (including phenoxy) is 1. The van der Waals surface area contributed by atoms with Crippen LogP contribution >= 0.6 is 0 Å². The van der Waals surface area contributed by atoms with E-state index < -0.39 is 21.4 Å². The predicted molar refractivity (Wildman–Crippen MR) is 74.3 cm³/mol. The molecule has 3 N–H and O–H groups in total. The average molecular weight is 302 g/mol. The van der Waals surface area contributed by atoms with E-state index in [1.807, 2.05) is 6.92 Å². The summed E-state index contributed by atoms with van der Waals surface area (Å²) < 4.78 is 46.4. The minimum absolute atomic E-state index is 0.00303. The van der Waals surface area contributed by atoms with Crippen molar-refractivity contribution in [1.82, 2.24) is 4.72 Å². The third-order valence-corrected chi connectivity index (χ3v) is 5.59. The molecule has 0 radical (unpaired) electrons. The molecule has 1 saturated heterocycles. The zero-order valence-electron chi connectivity index (χ0n) is 11.7. The second kappa shape index (κ2) is 4.98. The Hall–Kier alpha value is -1.18. The van der Waals surface area contributed by atoms with Crippen molar-refractivity contribution in [2.45, 2.75) is 43.7 Å². The molecule has 0 spiro atoms. The molecular formula is C13H19FN2O3S. The lowest BCUT2D eigenvalue weighted by Crippen LogP contribution is -2.50. The molecule has 2 unspecified atom stereocenters. The quantitative estimate of drug-likeness (QED) is 0.830. The molecule has 2 atom stereocenters. The molecule has 1 fully saturated rings. The molecule has 0 aliphatic carbocycles. The summed E-state index contributed by atoms with van der Waals surface area (Å²) in [5.41, 5.74) is 4.93. The molecule has 2 rings (SSSR count). The van der Waals surface area contributed by atoms with E-state index in [0.29, 0.717) is 18.6 Å². The van der Waals surface area contributed by atoms with Crippen LogP contribution in [0.15, 0.2) is 17.0 Å². The molecule has 1 heterocycles. The Kier molecular flexibility index (Phi) is 3.79. The number of rotatable bonds is 3. The molecule has 0 aromatic heterocycles. The molecule has 1 aromatic carbocycles. The average Bonchev–Trinajstić information content (AvgIpc) is 2.63. The van der Waals surface area contributed by atoms with Crippen molar-refractivity contribution in [3.8, 4) is 0 Å². The van der Waals surface area contributed by atoms with Gasteiger partial charge in [0, 0.05) is 6.61 Å². The highest BCUT2D eigenvalue weighted by atomic mass is 32.2. The largest absolute Gasteiger partial charge is 0.396 e. The first-order valence-corrected chi connectivity index (χ1v) is 7.85. The van der Waals surface area contributed by atoms with E-state index in [4.69, 9.17) is 10.5 Å². The van der Waals surface area contributed by atoms with E-state index in [1.165, 1.54) is 6.92 Å². The molecule has 1 aliphatic heterocycles. The zero-order valence-corrected chi connectivity index (χ0v) is 12.6. The fraction of sp³-hybridized carbons (Fsp3) is 0.538. The van der Waals surface area contributed by atoms with Gasteiger partial charge in [-0.2, -0.15) is 0 Å². The Balaban J connectivity index is 2.39. The first kappa shape index (κ1) is 15.2. The summed E-state index contributed by atoms with van der Waals surface area (Å²) in [7, 11) is -3.78. The summed E-state index contributed by atoms with van der Waals surface area (Å²) in [6.07, 6.45) is 0.360. The molecular weight excluding hydrogens is 283 g/mol. The van der Waals surface area contributed by atoms with E-state index in [2.05, 4.69) is 4.72 Å². The van der Waals surface area contributed by atoms with Gasteiger partial charge in [-0.15, -0.1) is 0 Å². The molecule has 112 valence electrons. The van der Waals surface area contributed by atoms with Crippen molar-refractivity contribution in [2.24, 2.45) is 0 Å². The van der Waals surface area contributed by atoms with Crippen molar-refractivity contribution >= 4 is 15.7 Å². The number of anilines is 1. The predicted octanol–water partition coefficient (Wildman–Crippen LogP) is 1.56. The highest BCUT2D eigenvalue weighted by molar-refractivity contribution is 7.89. The van der Waals surface area contributed by atoms with Gasteiger partial charge in [-0.25, -0.2) is 17.5 Å². The Morgan fingerprint density at radius 3 is 2.70 bits per heavy atom. The van der Waals surface area contributed by atoms with Gasteiger partial charge >= 0.3 is 0 Å². The van der Waals surface area contributed by atoms with Gasteiger partial charge in [-0.05, 0) is 44.9 Å². The summed E-state index contributed by atoms with van der Waals surface area (Å²) in [5, 5.41) is 0. The third-order valence-electron chi connectivity index (χ3n) is 3.84. The topological polar surface area (TPSA) is 81.4 Å². The maximum absolute atomic E-state index is 13.3. The van der Waals surface area contributed by atoms with Crippen LogP contribution in [0.2, 0.25) is 0 Å². The number of nitrogen functional groups attached to an aromatic ring is 1. The smallest absolute Gasteiger partial charge is 0.241 e. The monoisotopic (exact) mass is 302 g/mol. The van der Waals surface area contributed by atoms with E-state index in [-0.39, 0.29) is 16.7 Å². The van der Waals surface area contributed by atoms with Gasteiger partial charge in [0.2, 0.25) is 10.0 Å². The van der Waals surface area contributed by atoms with Crippen LogP contribution < -0.4 is 10.5 Å². The number of benzene rings is 1. The number of nitrogens with two attached hydrogens (primary N) is 1. The lowest BCUT2D eigenvalue weighted by atomic mass is 9.97. The molecule has 20 heavy (non-hydrogen) atoms. The summed E-state index contributed by atoms with van der Waals surface area (Å²) in [6.45, 7) is 5.66. The lowest BCUT2D eigenvalue weighted by Gasteiger charge is -2.28. The van der Waals surface area contributed by atoms with Crippen molar-refractivity contribution < 1.29 is 17.5 Å². The Labute approximate surface area is 118 Å². The SMILES string of the molecule is Cc1cc(F)c(N)cc1S(=O)(=O)NC1(C)CCOC1C. The minimum atomic E-state index is -3.78. The van der Waals surface area contributed by atoms with E-state index in [1.54, 1.807) is 6.92 Å². The fourth-order valence-electron chi connectivity index (χ4n) is 2.29. The molecule has 0 saturated carbocycles. The fourth-order valence-corrected chi connectivity index (χ4v) is 4.05. The molecule has 0 amide bonds. The van der Waals surface area contributed by atoms with Crippen LogP contribution in [0.3, 0.4) is 0 Å². The summed E-state index contributed by atoms with van der Waals surface area (Å²) in [4.78, 5) is -0.00303. The Bertz CT molecular complexity index is 633. The zero-order chi connectivity index (χ0) is 15.1. The second-order valence-corrected chi connectivity index (χ2v) is 7.08. The van der Waals surface area contributed by atoms with E-state index in [9.17, 15) is 12.8 Å². The van der Waals surface area contributed by atoms with E-state index >= 15 is 0 Å². The van der Waals surface area contributed by atoms with Crippen LogP contribution in [0.1, 0.15) is 25.8 Å². The van der Waals surface area contributed by atoms with Gasteiger partial charge in [0.1, 0.15) is 5.82 Å². The lowest BCUT2D eigenvalue weighted by molar-refractivity contribution is 0.0957. The van der Waals surface area contributed by atoms with Gasteiger partial charge < -0.3 is 10.5 Å². The van der Waals surface area contributed by atoms with Crippen molar-refractivity contribution in [1.29, 1.82) is 0 Å². The highest BCUT2D eigenvalue weighted by Crippen LogP contribution is 2.29. The number of hydrogen-bond acceptors (Lipinski definition) is 4. The van der Waals surface area contributed by atoms with Crippen molar-refractivity contribution in [2.75, 3.05) is 12.3 Å². The Morgan fingerprint density at radius 2 is 2.15 bits per heavy atom. The number of halogens is 1. The van der Waals surface area contributed by atoms with Crippen LogP contribution in [0.25, 0.3) is 0 Å². The molecule has 1 aliphatic rings. The second-order valence-electron chi connectivity index (χ2n) is 5.43. The van der Waals surface area contributed by atoms with E-state index in [0.717, 1.165) is 12.1 Å². The van der Waals surface area contributed by atoms with Gasteiger partial charge in [0.15, 0.2) is 0 Å². The van der Waals surface area contributed by atoms with Gasteiger partial charge in [0.25, 0.3) is 0 Å². The normalized spacial score (nSPS) is 26.9. The van der Waals surface area contributed by atoms with Gasteiger partial charge in [-0.1, -0.05) is 0 Å². The first-order valence-electron chi connectivity index (χ1n) is 6.37. The third kappa shape index (κ3) is 2.65. The standard InChI is InChI=1S/C13H19FN2O3S/c1-8-6-10(14)11(15)7-12(8)20(17,18)16-13(3)4-5-19-9(13)2/h6-7,9,16H,4-5,15H2,1-3H3. The summed E-state index contributed by atoms with van der Waals surface area (Å²) >= 11 is 0. The number of aryl methyl sites for hydroxylation is 1. The van der Waals surface area contributed by atoms with Crippen LogP contribution in [-0.2, 0) is 14.8 Å². The first-order chi connectivity index (χ1) is 9.16. The number of nitrogens with one attached hydrogen (secondary N) is 1.